The number of nitrogens with two attached hydrogens (primary N) is 3. The lowest BCUT2D eigenvalue weighted by molar-refractivity contribution is -0.152. The zero-order valence-electron chi connectivity index (χ0n) is 16.4. The number of anilines is 2. The van der Waals surface area contributed by atoms with Crippen LogP contribution in [0.25, 0.3) is 11.2 Å². The summed E-state index contributed by atoms with van der Waals surface area (Å²) in [7, 11) is 0. The van der Waals surface area contributed by atoms with Crippen LogP contribution in [-0.2, 0) is 20.7 Å². The van der Waals surface area contributed by atoms with Crippen molar-refractivity contribution in [2.45, 2.75) is 36.9 Å². The van der Waals surface area contributed by atoms with Crippen LogP contribution in [0.5, 0.6) is 0 Å². The molecule has 0 spiro atoms. The fraction of sp³-hybridized carbons (Fsp3) is 0.353. The van der Waals surface area contributed by atoms with E-state index in [1.165, 1.54) is 23.4 Å². The first-order valence-electron chi connectivity index (χ1n) is 9.39. The van der Waals surface area contributed by atoms with E-state index < -0.39 is 42.4 Å². The molecule has 32 heavy (non-hydrogen) atoms. The van der Waals surface area contributed by atoms with E-state index in [1.54, 1.807) is 6.07 Å². The highest BCUT2D eigenvalue weighted by Crippen LogP contribution is 2.32. The summed E-state index contributed by atoms with van der Waals surface area (Å²) in [6.07, 6.45) is -0.298. The standard InChI is InChI=1S/C17H20N10O5/c18-7(3-6-1-2-21-17(20)25-6)14(29)26-8-10(28)15(32-11(8)16(30)31)27-5-24-9-12(19)22-4-23-13(9)27/h1-2,4-5,7-8,10-11,15,28H,3,18H2,(H,26,29)(H,30,31)(H2,19,22,23)(H2,20,21,25)/t7?,8-,10+,11-,15+/m0/s1. The summed E-state index contributed by atoms with van der Waals surface area (Å²) < 4.78 is 6.86. The highest BCUT2D eigenvalue weighted by atomic mass is 16.6. The molecular weight excluding hydrogens is 424 g/mol. The summed E-state index contributed by atoms with van der Waals surface area (Å²) >= 11 is 0. The zero-order valence-corrected chi connectivity index (χ0v) is 16.4. The normalized spacial score (nSPS) is 23.8. The summed E-state index contributed by atoms with van der Waals surface area (Å²) in [4.78, 5) is 44.1. The number of ether oxygens (including phenoxy) is 1. The number of hydrogen-bond donors (Lipinski definition) is 6. The summed E-state index contributed by atoms with van der Waals surface area (Å²) in [5, 5.41) is 22.9. The molecular formula is C17H20N10O5. The van der Waals surface area contributed by atoms with Crippen molar-refractivity contribution >= 4 is 34.8 Å². The van der Waals surface area contributed by atoms with Crippen LogP contribution in [0.15, 0.2) is 24.9 Å². The molecule has 0 radical (unpaired) electrons. The fourth-order valence-electron chi connectivity index (χ4n) is 3.45. The summed E-state index contributed by atoms with van der Waals surface area (Å²) in [5.41, 5.74) is 18.1. The minimum absolute atomic E-state index is 0.0196. The van der Waals surface area contributed by atoms with Gasteiger partial charge in [0, 0.05) is 18.3 Å². The van der Waals surface area contributed by atoms with E-state index in [1.807, 2.05) is 0 Å². The van der Waals surface area contributed by atoms with Gasteiger partial charge in [-0.3, -0.25) is 9.36 Å². The number of carbonyl (C=O) groups excluding carboxylic acids is 1. The van der Waals surface area contributed by atoms with Crippen molar-refractivity contribution < 1.29 is 24.5 Å². The summed E-state index contributed by atoms with van der Waals surface area (Å²) in [6.45, 7) is 0. The van der Waals surface area contributed by atoms with Gasteiger partial charge in [0.25, 0.3) is 0 Å². The van der Waals surface area contributed by atoms with Gasteiger partial charge in [-0.2, -0.15) is 0 Å². The Bertz CT molecular complexity index is 1170. The summed E-state index contributed by atoms with van der Waals surface area (Å²) in [5.74, 6) is -1.95. The molecule has 1 aliphatic heterocycles. The van der Waals surface area contributed by atoms with Gasteiger partial charge in [0.1, 0.15) is 17.9 Å². The van der Waals surface area contributed by atoms with E-state index in [4.69, 9.17) is 21.9 Å². The van der Waals surface area contributed by atoms with Crippen molar-refractivity contribution in [2.24, 2.45) is 5.73 Å². The highest BCUT2D eigenvalue weighted by molar-refractivity contribution is 5.84. The van der Waals surface area contributed by atoms with Crippen molar-refractivity contribution in [3.63, 3.8) is 0 Å². The SMILES string of the molecule is Nc1nccc(CC(N)C(=O)N[C@H]2[C@@H](O)[C@H](n3cnc4c(N)ncnc43)O[C@@H]2C(=O)O)n1. The van der Waals surface area contributed by atoms with Crippen LogP contribution in [0.1, 0.15) is 11.9 Å². The van der Waals surface area contributed by atoms with E-state index in [2.05, 4.69) is 30.2 Å². The van der Waals surface area contributed by atoms with E-state index >= 15 is 0 Å². The molecule has 4 heterocycles. The smallest absolute Gasteiger partial charge is 0.335 e. The van der Waals surface area contributed by atoms with Crippen LogP contribution in [0.2, 0.25) is 0 Å². The van der Waals surface area contributed by atoms with Crippen molar-refractivity contribution in [1.29, 1.82) is 0 Å². The monoisotopic (exact) mass is 444 g/mol. The number of amides is 1. The molecule has 4 rings (SSSR count). The second kappa shape index (κ2) is 8.29. The first-order chi connectivity index (χ1) is 15.3. The first-order valence-corrected chi connectivity index (χ1v) is 9.39. The third-order valence-electron chi connectivity index (χ3n) is 4.98. The number of rotatable bonds is 6. The molecule has 5 atom stereocenters. The van der Waals surface area contributed by atoms with Gasteiger partial charge in [0.15, 0.2) is 23.8 Å². The van der Waals surface area contributed by atoms with Crippen LogP contribution in [0.3, 0.4) is 0 Å². The molecule has 0 aromatic carbocycles. The third-order valence-corrected chi connectivity index (χ3v) is 4.98. The minimum Gasteiger partial charge on any atom is -0.479 e. The van der Waals surface area contributed by atoms with Crippen LogP contribution in [0, 0.1) is 0 Å². The fourth-order valence-corrected chi connectivity index (χ4v) is 3.45. The van der Waals surface area contributed by atoms with Gasteiger partial charge in [-0.15, -0.1) is 0 Å². The number of carboxylic acid groups (broad SMARTS) is 1. The number of imidazole rings is 1. The number of aliphatic hydroxyl groups excluding tert-OH is 1. The molecule has 15 nitrogen and oxygen atoms in total. The lowest BCUT2D eigenvalue weighted by Gasteiger charge is -2.22. The molecule has 1 fully saturated rings. The molecule has 3 aromatic rings. The maximum Gasteiger partial charge on any atom is 0.335 e. The van der Waals surface area contributed by atoms with E-state index in [0.717, 1.165) is 0 Å². The Kier molecular flexibility index (Phi) is 5.52. The van der Waals surface area contributed by atoms with Gasteiger partial charge in [-0.05, 0) is 6.07 Å². The third kappa shape index (κ3) is 3.86. The summed E-state index contributed by atoms with van der Waals surface area (Å²) in [6, 6.07) is -0.847. The largest absolute Gasteiger partial charge is 0.479 e. The molecule has 3 aromatic heterocycles. The number of aliphatic hydroxyl groups is 1. The molecule has 15 heteroatoms. The molecule has 1 saturated heterocycles. The predicted octanol–water partition coefficient (Wildman–Crippen LogP) is -2.82. The van der Waals surface area contributed by atoms with E-state index in [0.29, 0.717) is 5.69 Å². The average Bonchev–Trinajstić information content (AvgIpc) is 3.30. The second-order valence-electron chi connectivity index (χ2n) is 7.11. The van der Waals surface area contributed by atoms with Crippen molar-refractivity contribution in [2.75, 3.05) is 11.5 Å². The first kappa shape index (κ1) is 21.3. The Morgan fingerprint density at radius 2 is 2.03 bits per heavy atom. The number of carbonyl (C=O) groups is 2. The molecule has 168 valence electrons. The molecule has 0 bridgehead atoms. The predicted molar refractivity (Wildman–Crippen MR) is 107 cm³/mol. The van der Waals surface area contributed by atoms with Crippen molar-refractivity contribution in [3.8, 4) is 0 Å². The van der Waals surface area contributed by atoms with Gasteiger partial charge < -0.3 is 37.5 Å². The van der Waals surface area contributed by atoms with Gasteiger partial charge in [-0.1, -0.05) is 0 Å². The second-order valence-corrected chi connectivity index (χ2v) is 7.11. The number of nitrogens with one attached hydrogen (secondary N) is 1. The van der Waals surface area contributed by atoms with Gasteiger partial charge in [-0.25, -0.2) is 29.7 Å². The van der Waals surface area contributed by atoms with Crippen molar-refractivity contribution in [3.05, 3.63) is 30.6 Å². The maximum atomic E-state index is 12.6. The Morgan fingerprint density at radius 1 is 1.25 bits per heavy atom. The van der Waals surface area contributed by atoms with Crippen LogP contribution >= 0.6 is 0 Å². The molecule has 1 unspecified atom stereocenters. The zero-order chi connectivity index (χ0) is 23.0. The Hall–Kier alpha value is -3.95. The number of fused-ring (bicyclic) bond motifs is 1. The minimum atomic E-state index is -1.56. The molecule has 1 aliphatic rings. The van der Waals surface area contributed by atoms with Gasteiger partial charge in [0.05, 0.1) is 18.4 Å². The topological polar surface area (TPSA) is 243 Å². The lowest BCUT2D eigenvalue weighted by atomic mass is 10.1. The number of carboxylic acids is 1. The Balaban J connectivity index is 1.54. The van der Waals surface area contributed by atoms with Crippen LogP contribution < -0.4 is 22.5 Å². The van der Waals surface area contributed by atoms with Crippen LogP contribution in [-0.4, -0.2) is 75.9 Å². The molecule has 0 saturated carbocycles. The maximum absolute atomic E-state index is 12.6. The Labute approximate surface area is 179 Å². The highest BCUT2D eigenvalue weighted by Gasteiger charge is 2.49. The van der Waals surface area contributed by atoms with E-state index in [9.17, 15) is 19.8 Å². The Morgan fingerprint density at radius 3 is 2.75 bits per heavy atom. The number of hydrogen-bond acceptors (Lipinski definition) is 12. The van der Waals surface area contributed by atoms with Crippen molar-refractivity contribution in [1.82, 2.24) is 34.8 Å². The molecule has 0 aliphatic carbocycles. The molecule has 9 N–H and O–H groups in total. The molecule has 1 amide bonds. The number of aromatic nitrogens is 6. The van der Waals surface area contributed by atoms with Gasteiger partial charge in [0.2, 0.25) is 11.9 Å². The van der Waals surface area contributed by atoms with Gasteiger partial charge >= 0.3 is 5.97 Å². The number of nitrogen functional groups attached to an aromatic ring is 2. The van der Waals surface area contributed by atoms with E-state index in [-0.39, 0.29) is 29.4 Å². The van der Waals surface area contributed by atoms with Crippen LogP contribution in [0.4, 0.5) is 11.8 Å². The quantitative estimate of drug-likeness (QED) is 0.225. The lowest BCUT2D eigenvalue weighted by Crippen LogP contribution is -2.54. The number of nitrogens with zero attached hydrogens (tertiary/aromatic N) is 6. The average molecular weight is 444 g/mol. The number of aliphatic carboxylic acids is 1.